The number of nitrogens with one attached hydrogen (secondary N) is 1. The first-order valence-corrected chi connectivity index (χ1v) is 7.31. The molecule has 4 heteroatoms. The van der Waals surface area contributed by atoms with Crippen LogP contribution >= 0.6 is 12.4 Å². The predicted molar refractivity (Wildman–Crippen MR) is 78.5 cm³/mol. The van der Waals surface area contributed by atoms with Crippen molar-refractivity contribution in [2.75, 3.05) is 46.4 Å². The molecule has 0 aromatic heterocycles. The lowest BCUT2D eigenvalue weighted by Gasteiger charge is -2.29. The lowest BCUT2D eigenvalue weighted by molar-refractivity contribution is 0.0413. The van der Waals surface area contributed by atoms with Crippen LogP contribution < -0.4 is 5.32 Å². The Morgan fingerprint density at radius 3 is 2.61 bits per heavy atom. The Labute approximate surface area is 118 Å². The molecule has 2 aliphatic heterocycles. The number of nitrogens with zero attached hydrogens (tertiary/aromatic N) is 1. The third-order valence-electron chi connectivity index (χ3n) is 4.20. The van der Waals surface area contributed by atoms with Gasteiger partial charge in [-0.1, -0.05) is 0 Å². The standard InChI is InChI=1S/C14H28N2O.ClH/c1-16(11-14-3-2-10-17-12-14)9-6-13-4-7-15-8-5-13;/h13-15H,2-12H2,1H3;1H. The van der Waals surface area contributed by atoms with Crippen LogP contribution in [0.3, 0.4) is 0 Å². The first kappa shape index (κ1) is 16.2. The molecule has 3 nitrogen and oxygen atoms in total. The third kappa shape index (κ3) is 5.87. The maximum atomic E-state index is 5.54. The van der Waals surface area contributed by atoms with Crippen molar-refractivity contribution in [3.63, 3.8) is 0 Å². The number of ether oxygens (including phenoxy) is 1. The van der Waals surface area contributed by atoms with E-state index in [1.165, 1.54) is 58.3 Å². The lowest BCUT2D eigenvalue weighted by atomic mass is 9.94. The van der Waals surface area contributed by atoms with E-state index in [0.29, 0.717) is 0 Å². The smallest absolute Gasteiger partial charge is 0.0506 e. The molecular weight excluding hydrogens is 248 g/mol. The van der Waals surface area contributed by atoms with Crippen LogP contribution in [0.15, 0.2) is 0 Å². The molecule has 2 heterocycles. The largest absolute Gasteiger partial charge is 0.381 e. The highest BCUT2D eigenvalue weighted by atomic mass is 35.5. The SMILES string of the molecule is CN(CCC1CCNCC1)CC1CCCOC1.Cl. The maximum Gasteiger partial charge on any atom is 0.0506 e. The quantitative estimate of drug-likeness (QED) is 0.833. The fourth-order valence-corrected chi connectivity index (χ4v) is 3.06. The van der Waals surface area contributed by atoms with Gasteiger partial charge >= 0.3 is 0 Å². The predicted octanol–water partition coefficient (Wildman–Crippen LogP) is 2.16. The van der Waals surface area contributed by atoms with Crippen LogP contribution in [0.25, 0.3) is 0 Å². The first-order chi connectivity index (χ1) is 8.34. The zero-order valence-corrected chi connectivity index (χ0v) is 12.5. The topological polar surface area (TPSA) is 24.5 Å². The van der Waals surface area contributed by atoms with E-state index in [1.807, 2.05) is 0 Å². The number of hydrogen-bond acceptors (Lipinski definition) is 3. The van der Waals surface area contributed by atoms with Gasteiger partial charge in [0.25, 0.3) is 0 Å². The van der Waals surface area contributed by atoms with Crippen LogP contribution in [-0.4, -0.2) is 51.3 Å². The summed E-state index contributed by atoms with van der Waals surface area (Å²) in [4.78, 5) is 2.52. The molecule has 2 fully saturated rings. The second kappa shape index (κ2) is 9.13. The summed E-state index contributed by atoms with van der Waals surface area (Å²) in [6.45, 7) is 6.91. The number of rotatable bonds is 5. The average molecular weight is 277 g/mol. The fourth-order valence-electron chi connectivity index (χ4n) is 3.06. The molecule has 18 heavy (non-hydrogen) atoms. The van der Waals surface area contributed by atoms with Crippen molar-refractivity contribution in [2.24, 2.45) is 11.8 Å². The molecule has 0 radical (unpaired) electrons. The third-order valence-corrected chi connectivity index (χ3v) is 4.20. The van der Waals surface area contributed by atoms with Crippen LogP contribution in [-0.2, 0) is 4.74 Å². The Morgan fingerprint density at radius 1 is 1.17 bits per heavy atom. The zero-order valence-electron chi connectivity index (χ0n) is 11.7. The van der Waals surface area contributed by atoms with E-state index in [9.17, 15) is 0 Å². The van der Waals surface area contributed by atoms with Gasteiger partial charge in [-0.15, -0.1) is 12.4 Å². The molecule has 0 aliphatic carbocycles. The van der Waals surface area contributed by atoms with E-state index < -0.39 is 0 Å². The second-order valence-corrected chi connectivity index (χ2v) is 5.83. The highest BCUT2D eigenvalue weighted by Gasteiger charge is 2.17. The summed E-state index contributed by atoms with van der Waals surface area (Å²) >= 11 is 0. The maximum absolute atomic E-state index is 5.54. The Hall–Kier alpha value is 0.170. The summed E-state index contributed by atoms with van der Waals surface area (Å²) in [7, 11) is 2.27. The van der Waals surface area contributed by atoms with Gasteiger partial charge in [-0.3, -0.25) is 0 Å². The Morgan fingerprint density at radius 2 is 1.94 bits per heavy atom. The Kier molecular flexibility index (Phi) is 8.23. The molecule has 0 aromatic carbocycles. The van der Waals surface area contributed by atoms with Gasteiger partial charge in [0, 0.05) is 13.2 Å². The molecular formula is C14H29ClN2O. The van der Waals surface area contributed by atoms with Gasteiger partial charge in [-0.2, -0.15) is 0 Å². The minimum absolute atomic E-state index is 0. The highest BCUT2D eigenvalue weighted by Crippen LogP contribution is 2.18. The van der Waals surface area contributed by atoms with Crippen molar-refractivity contribution in [1.29, 1.82) is 0 Å². The molecule has 0 aromatic rings. The van der Waals surface area contributed by atoms with E-state index >= 15 is 0 Å². The van der Waals surface area contributed by atoms with E-state index in [2.05, 4.69) is 17.3 Å². The van der Waals surface area contributed by atoms with Gasteiger partial charge in [-0.05, 0) is 70.6 Å². The van der Waals surface area contributed by atoms with Crippen molar-refractivity contribution in [3.8, 4) is 0 Å². The van der Waals surface area contributed by atoms with Gasteiger partial charge in [0.15, 0.2) is 0 Å². The van der Waals surface area contributed by atoms with Crippen LogP contribution in [0, 0.1) is 11.8 Å². The van der Waals surface area contributed by atoms with Gasteiger partial charge in [-0.25, -0.2) is 0 Å². The summed E-state index contributed by atoms with van der Waals surface area (Å²) in [6, 6.07) is 0. The molecule has 2 saturated heterocycles. The van der Waals surface area contributed by atoms with Crippen molar-refractivity contribution in [2.45, 2.75) is 32.1 Å². The van der Waals surface area contributed by atoms with Crippen molar-refractivity contribution < 1.29 is 4.74 Å². The van der Waals surface area contributed by atoms with Crippen LogP contribution in [0.5, 0.6) is 0 Å². The first-order valence-electron chi connectivity index (χ1n) is 7.31. The van der Waals surface area contributed by atoms with Crippen molar-refractivity contribution in [1.82, 2.24) is 10.2 Å². The van der Waals surface area contributed by atoms with E-state index in [-0.39, 0.29) is 12.4 Å². The summed E-state index contributed by atoms with van der Waals surface area (Å²) in [5.74, 6) is 1.74. The second-order valence-electron chi connectivity index (χ2n) is 5.83. The van der Waals surface area contributed by atoms with Crippen LogP contribution in [0.1, 0.15) is 32.1 Å². The van der Waals surface area contributed by atoms with Crippen molar-refractivity contribution in [3.05, 3.63) is 0 Å². The summed E-state index contributed by atoms with van der Waals surface area (Å²) in [5, 5.41) is 3.44. The lowest BCUT2D eigenvalue weighted by Crippen LogP contribution is -2.34. The van der Waals surface area contributed by atoms with Gasteiger partial charge in [0.05, 0.1) is 6.61 Å². The summed E-state index contributed by atoms with van der Waals surface area (Å²) in [6.07, 6.45) is 6.75. The minimum Gasteiger partial charge on any atom is -0.381 e. The normalized spacial score (nSPS) is 26.0. The molecule has 1 unspecified atom stereocenters. The van der Waals surface area contributed by atoms with Gasteiger partial charge in [0.1, 0.15) is 0 Å². The zero-order chi connectivity index (χ0) is 11.9. The molecule has 1 N–H and O–H groups in total. The monoisotopic (exact) mass is 276 g/mol. The Balaban J connectivity index is 0.00000162. The number of hydrogen-bond donors (Lipinski definition) is 1. The van der Waals surface area contributed by atoms with Crippen LogP contribution in [0.2, 0.25) is 0 Å². The molecule has 0 spiro atoms. The summed E-state index contributed by atoms with van der Waals surface area (Å²) < 4.78 is 5.54. The number of piperidine rings is 1. The number of halogens is 1. The molecule has 108 valence electrons. The molecule has 0 saturated carbocycles. The van der Waals surface area contributed by atoms with E-state index in [4.69, 9.17) is 4.74 Å². The van der Waals surface area contributed by atoms with Gasteiger partial charge < -0.3 is 15.0 Å². The van der Waals surface area contributed by atoms with Crippen molar-refractivity contribution >= 4 is 12.4 Å². The molecule has 1 atom stereocenters. The van der Waals surface area contributed by atoms with E-state index in [1.54, 1.807) is 0 Å². The molecule has 0 amide bonds. The summed E-state index contributed by atoms with van der Waals surface area (Å²) in [5.41, 5.74) is 0. The molecule has 2 rings (SSSR count). The van der Waals surface area contributed by atoms with E-state index in [0.717, 1.165) is 25.0 Å². The minimum atomic E-state index is 0. The molecule has 0 bridgehead atoms. The Bertz CT molecular complexity index is 204. The average Bonchev–Trinajstić information content (AvgIpc) is 2.39. The molecule has 2 aliphatic rings. The van der Waals surface area contributed by atoms with Gasteiger partial charge in [0.2, 0.25) is 0 Å². The fraction of sp³-hybridized carbons (Fsp3) is 1.00. The highest BCUT2D eigenvalue weighted by molar-refractivity contribution is 5.85. The van der Waals surface area contributed by atoms with Crippen LogP contribution in [0.4, 0.5) is 0 Å².